The molecule has 3 rings (SSSR count). The molecule has 2 N–H and O–H groups in total. The molecule has 2 aliphatic rings. The van der Waals surface area contributed by atoms with Gasteiger partial charge in [0.1, 0.15) is 6.54 Å². The normalized spacial score (nSPS) is 27.3. The minimum Gasteiger partial charge on any atom is -0.352 e. The predicted octanol–water partition coefficient (Wildman–Crippen LogP) is 1.77. The van der Waals surface area contributed by atoms with Crippen molar-refractivity contribution in [2.45, 2.75) is 57.5 Å². The maximum Gasteiger partial charge on any atom is 0.328 e. The van der Waals surface area contributed by atoms with E-state index < -0.39 is 11.2 Å². The second kappa shape index (κ2) is 7.03. The van der Waals surface area contributed by atoms with Crippen LogP contribution < -0.4 is 16.6 Å². The molecule has 2 saturated carbocycles. The summed E-state index contributed by atoms with van der Waals surface area (Å²) in [5.74, 6) is 1.41. The minimum absolute atomic E-state index is 0.0706. The number of aromatic amines is 1. The number of nitrogens with zero attached hydrogens (tertiary/aromatic N) is 1. The maximum absolute atomic E-state index is 12.2. The van der Waals surface area contributed by atoms with E-state index >= 15 is 0 Å². The van der Waals surface area contributed by atoms with Crippen molar-refractivity contribution < 1.29 is 4.79 Å². The lowest BCUT2D eigenvalue weighted by molar-refractivity contribution is -0.122. The molecule has 23 heavy (non-hydrogen) atoms. The van der Waals surface area contributed by atoms with Crippen LogP contribution >= 0.6 is 15.9 Å². The highest BCUT2D eigenvalue weighted by molar-refractivity contribution is 9.10. The molecule has 0 bridgehead atoms. The number of halogens is 1. The van der Waals surface area contributed by atoms with Gasteiger partial charge in [0.2, 0.25) is 5.91 Å². The van der Waals surface area contributed by atoms with Gasteiger partial charge in [-0.3, -0.25) is 19.1 Å². The number of carbonyl (C=O) groups excluding carboxylic acids is 1. The number of nitrogens with one attached hydrogen (secondary N) is 2. The second-order valence-electron chi connectivity index (χ2n) is 6.75. The fraction of sp³-hybridized carbons (Fsp3) is 0.688. The third-order valence-corrected chi connectivity index (χ3v) is 5.75. The Morgan fingerprint density at radius 3 is 2.74 bits per heavy atom. The molecule has 3 atom stereocenters. The molecule has 0 aliphatic heterocycles. The Morgan fingerprint density at radius 1 is 1.22 bits per heavy atom. The quantitative estimate of drug-likeness (QED) is 0.833. The molecule has 0 saturated heterocycles. The summed E-state index contributed by atoms with van der Waals surface area (Å²) in [6, 6.07) is 0.212. The van der Waals surface area contributed by atoms with Crippen molar-refractivity contribution in [1.82, 2.24) is 14.9 Å². The van der Waals surface area contributed by atoms with Gasteiger partial charge >= 0.3 is 5.69 Å². The summed E-state index contributed by atoms with van der Waals surface area (Å²) in [4.78, 5) is 37.4. The Morgan fingerprint density at radius 2 is 1.96 bits per heavy atom. The van der Waals surface area contributed by atoms with Crippen LogP contribution in [0, 0.1) is 11.8 Å². The Bertz CT molecular complexity index is 697. The minimum atomic E-state index is -0.565. The molecule has 2 fully saturated rings. The van der Waals surface area contributed by atoms with E-state index in [1.165, 1.54) is 42.9 Å². The number of fused-ring (bicyclic) bond motifs is 1. The first-order valence-corrected chi connectivity index (χ1v) is 9.11. The van der Waals surface area contributed by atoms with Gasteiger partial charge in [0, 0.05) is 12.2 Å². The highest BCUT2D eigenvalue weighted by atomic mass is 79.9. The van der Waals surface area contributed by atoms with E-state index in [2.05, 4.69) is 26.2 Å². The van der Waals surface area contributed by atoms with Gasteiger partial charge < -0.3 is 5.32 Å². The molecule has 1 aromatic heterocycles. The fourth-order valence-corrected chi connectivity index (χ4v) is 4.38. The van der Waals surface area contributed by atoms with Gasteiger partial charge in [-0.1, -0.05) is 25.7 Å². The Hall–Kier alpha value is -1.37. The molecule has 0 aromatic carbocycles. The van der Waals surface area contributed by atoms with E-state index in [4.69, 9.17) is 0 Å². The third kappa shape index (κ3) is 3.94. The molecular formula is C16H22BrN3O3. The van der Waals surface area contributed by atoms with Gasteiger partial charge in [0.15, 0.2) is 0 Å². The van der Waals surface area contributed by atoms with Gasteiger partial charge in [0.05, 0.1) is 4.47 Å². The number of aromatic nitrogens is 2. The van der Waals surface area contributed by atoms with Gasteiger partial charge in [-0.2, -0.15) is 0 Å². The van der Waals surface area contributed by atoms with Gasteiger partial charge in [-0.05, 0) is 47.0 Å². The van der Waals surface area contributed by atoms with E-state index in [-0.39, 0.29) is 23.0 Å². The lowest BCUT2D eigenvalue weighted by Gasteiger charge is -2.39. The van der Waals surface area contributed by atoms with Crippen molar-refractivity contribution in [3.63, 3.8) is 0 Å². The molecular weight excluding hydrogens is 362 g/mol. The smallest absolute Gasteiger partial charge is 0.328 e. The first-order valence-electron chi connectivity index (χ1n) is 8.31. The molecule has 1 amide bonds. The summed E-state index contributed by atoms with van der Waals surface area (Å²) in [5, 5.41) is 3.06. The van der Waals surface area contributed by atoms with Crippen molar-refractivity contribution in [1.29, 1.82) is 0 Å². The van der Waals surface area contributed by atoms with Crippen molar-refractivity contribution >= 4 is 21.8 Å². The summed E-state index contributed by atoms with van der Waals surface area (Å²) in [5.41, 5.74) is -1.05. The Kier molecular flexibility index (Phi) is 5.04. The highest BCUT2D eigenvalue weighted by Gasteiger charge is 2.32. The van der Waals surface area contributed by atoms with Crippen LogP contribution in [-0.4, -0.2) is 21.5 Å². The van der Waals surface area contributed by atoms with Crippen LogP contribution in [0.2, 0.25) is 0 Å². The number of hydrogen-bond acceptors (Lipinski definition) is 3. The van der Waals surface area contributed by atoms with Gasteiger partial charge in [-0.15, -0.1) is 0 Å². The van der Waals surface area contributed by atoms with Crippen molar-refractivity contribution in [3.05, 3.63) is 31.5 Å². The third-order valence-electron chi connectivity index (χ3n) is 5.19. The van der Waals surface area contributed by atoms with Crippen molar-refractivity contribution in [2.24, 2.45) is 11.8 Å². The number of H-pyrrole nitrogens is 1. The zero-order valence-electron chi connectivity index (χ0n) is 13.0. The first-order chi connectivity index (χ1) is 11.0. The molecule has 1 aromatic rings. The number of rotatable bonds is 3. The molecule has 7 heteroatoms. The Balaban J connectivity index is 1.58. The van der Waals surface area contributed by atoms with E-state index in [9.17, 15) is 14.4 Å². The van der Waals surface area contributed by atoms with Crippen LogP contribution in [-0.2, 0) is 11.3 Å². The van der Waals surface area contributed by atoms with Gasteiger partial charge in [0.25, 0.3) is 5.56 Å². The van der Waals surface area contributed by atoms with E-state index in [1.54, 1.807) is 0 Å². The zero-order chi connectivity index (χ0) is 16.4. The van der Waals surface area contributed by atoms with Crippen LogP contribution in [0.3, 0.4) is 0 Å². The van der Waals surface area contributed by atoms with Crippen LogP contribution in [0.4, 0.5) is 0 Å². The molecule has 0 unspecified atom stereocenters. The summed E-state index contributed by atoms with van der Waals surface area (Å²) in [6.07, 6.45) is 9.91. The molecule has 126 valence electrons. The monoisotopic (exact) mass is 383 g/mol. The summed E-state index contributed by atoms with van der Waals surface area (Å²) >= 11 is 3.07. The zero-order valence-corrected chi connectivity index (χ0v) is 14.6. The highest BCUT2D eigenvalue weighted by Crippen LogP contribution is 2.40. The predicted molar refractivity (Wildman–Crippen MR) is 90.3 cm³/mol. The standard InChI is InChI=1S/C16H22BrN3O3/c17-13-8-20(16(23)19-15(13)22)9-14(21)18-12-6-5-10-3-1-2-4-11(10)7-12/h8,10-12H,1-7,9H2,(H,18,21)(H,19,22,23)/t10-,11+,12+/m0/s1. The lowest BCUT2D eigenvalue weighted by Crippen LogP contribution is -2.44. The number of carbonyl (C=O) groups is 1. The van der Waals surface area contributed by atoms with Crippen LogP contribution in [0.25, 0.3) is 0 Å². The van der Waals surface area contributed by atoms with E-state index in [1.807, 2.05) is 0 Å². The van der Waals surface area contributed by atoms with Crippen LogP contribution in [0.5, 0.6) is 0 Å². The maximum atomic E-state index is 12.2. The lowest BCUT2D eigenvalue weighted by atomic mass is 9.69. The van der Waals surface area contributed by atoms with Crippen molar-refractivity contribution in [3.8, 4) is 0 Å². The largest absolute Gasteiger partial charge is 0.352 e. The summed E-state index contributed by atoms with van der Waals surface area (Å²) in [7, 11) is 0. The SMILES string of the molecule is O=C(Cn1cc(Br)c(=O)[nH]c1=O)N[C@@H]1CC[C@@H]2CCCC[C@@H]2C1. The number of amides is 1. The molecule has 0 spiro atoms. The topological polar surface area (TPSA) is 84.0 Å². The van der Waals surface area contributed by atoms with E-state index in [0.717, 1.165) is 24.7 Å². The number of hydrogen-bond donors (Lipinski definition) is 2. The summed E-state index contributed by atoms with van der Waals surface area (Å²) in [6.45, 7) is -0.0706. The average Bonchev–Trinajstić information content (AvgIpc) is 2.52. The molecule has 2 aliphatic carbocycles. The Labute approximate surface area is 142 Å². The molecule has 0 radical (unpaired) electrons. The van der Waals surface area contributed by atoms with Gasteiger partial charge in [-0.25, -0.2) is 4.79 Å². The van der Waals surface area contributed by atoms with Crippen molar-refractivity contribution in [2.75, 3.05) is 0 Å². The molecule has 1 heterocycles. The van der Waals surface area contributed by atoms with E-state index in [0.29, 0.717) is 0 Å². The van der Waals surface area contributed by atoms with Crippen LogP contribution in [0.1, 0.15) is 44.9 Å². The second-order valence-corrected chi connectivity index (χ2v) is 7.60. The van der Waals surface area contributed by atoms with Crippen LogP contribution in [0.15, 0.2) is 20.3 Å². The summed E-state index contributed by atoms with van der Waals surface area (Å²) < 4.78 is 1.46. The average molecular weight is 384 g/mol. The molecule has 6 nitrogen and oxygen atoms in total. The fourth-order valence-electron chi connectivity index (χ4n) is 4.03. The first kappa shape index (κ1) is 16.5.